The predicted octanol–water partition coefficient (Wildman–Crippen LogP) is 1.34. The molecule has 2 N–H and O–H groups in total. The largest absolute Gasteiger partial charge is 0.481 e. The summed E-state index contributed by atoms with van der Waals surface area (Å²) in [6.07, 6.45) is 1.91. The Kier molecular flexibility index (Phi) is 6.15. The maximum absolute atomic E-state index is 13.4. The van der Waals surface area contributed by atoms with Crippen LogP contribution in [-0.4, -0.2) is 45.9 Å². The summed E-state index contributed by atoms with van der Waals surface area (Å²) in [7, 11) is 1.67. The van der Waals surface area contributed by atoms with Gasteiger partial charge in [0.05, 0.1) is 6.61 Å². The second kappa shape index (κ2) is 8.10. The van der Waals surface area contributed by atoms with Gasteiger partial charge in [-0.05, 0) is 38.1 Å². The average molecular weight is 310 g/mol. The Labute approximate surface area is 130 Å². The fourth-order valence-corrected chi connectivity index (χ4v) is 2.68. The molecule has 0 atom stereocenters. The van der Waals surface area contributed by atoms with Gasteiger partial charge in [-0.3, -0.25) is 4.79 Å². The molecule has 1 saturated heterocycles. The van der Waals surface area contributed by atoms with Crippen LogP contribution in [0.3, 0.4) is 0 Å². The second-order valence-corrected chi connectivity index (χ2v) is 5.68. The summed E-state index contributed by atoms with van der Waals surface area (Å²) in [6.45, 7) is 2.81. The van der Waals surface area contributed by atoms with Crippen LogP contribution in [0.5, 0.6) is 5.75 Å². The highest BCUT2D eigenvalue weighted by Crippen LogP contribution is 2.28. The molecule has 0 saturated carbocycles. The summed E-state index contributed by atoms with van der Waals surface area (Å²) in [4.78, 5) is 11.9. The molecule has 6 heteroatoms. The number of carbonyl (C=O) groups is 1. The predicted molar refractivity (Wildman–Crippen MR) is 81.3 cm³/mol. The summed E-state index contributed by atoms with van der Waals surface area (Å²) < 4.78 is 23.9. The highest BCUT2D eigenvalue weighted by Gasteiger charge is 2.32. The molecule has 1 aromatic rings. The first-order valence-corrected chi connectivity index (χ1v) is 7.49. The standard InChI is InChI=1S/C16H23FN2O3/c1-21-12-16(6-8-18-9-7-16)11-19-15(20)10-22-14-5-3-2-4-13(14)17/h2-5,18H,6-12H2,1H3,(H,19,20). The number of rotatable bonds is 7. The summed E-state index contributed by atoms with van der Waals surface area (Å²) in [5.74, 6) is -0.632. The molecular formula is C16H23FN2O3. The van der Waals surface area contributed by atoms with Crippen LogP contribution >= 0.6 is 0 Å². The van der Waals surface area contributed by atoms with Crippen molar-refractivity contribution in [2.45, 2.75) is 12.8 Å². The van der Waals surface area contributed by atoms with Gasteiger partial charge in [0.1, 0.15) is 0 Å². The van der Waals surface area contributed by atoms with Crippen molar-refractivity contribution >= 4 is 5.91 Å². The van der Waals surface area contributed by atoms with Crippen LogP contribution in [0.25, 0.3) is 0 Å². The van der Waals surface area contributed by atoms with Crippen molar-refractivity contribution < 1.29 is 18.7 Å². The van der Waals surface area contributed by atoms with E-state index in [1.807, 2.05) is 0 Å². The van der Waals surface area contributed by atoms with E-state index in [0.717, 1.165) is 25.9 Å². The van der Waals surface area contributed by atoms with Gasteiger partial charge in [0.2, 0.25) is 0 Å². The van der Waals surface area contributed by atoms with Gasteiger partial charge in [0.25, 0.3) is 5.91 Å². The minimum atomic E-state index is -0.468. The van der Waals surface area contributed by atoms with E-state index in [1.54, 1.807) is 19.2 Å². The lowest BCUT2D eigenvalue weighted by molar-refractivity contribution is -0.124. The van der Waals surface area contributed by atoms with Crippen LogP contribution < -0.4 is 15.4 Å². The van der Waals surface area contributed by atoms with Crippen molar-refractivity contribution in [1.29, 1.82) is 0 Å². The van der Waals surface area contributed by atoms with Crippen LogP contribution in [0, 0.1) is 11.2 Å². The van der Waals surface area contributed by atoms with E-state index in [-0.39, 0.29) is 23.7 Å². The number of methoxy groups -OCH3 is 1. The maximum atomic E-state index is 13.4. The SMILES string of the molecule is COCC1(CNC(=O)COc2ccccc2F)CCNCC1. The van der Waals surface area contributed by atoms with Crippen LogP contribution in [0.4, 0.5) is 4.39 Å². The molecule has 5 nitrogen and oxygen atoms in total. The van der Waals surface area contributed by atoms with Gasteiger partial charge < -0.3 is 20.1 Å². The quantitative estimate of drug-likeness (QED) is 0.798. The van der Waals surface area contributed by atoms with E-state index in [0.29, 0.717) is 13.2 Å². The average Bonchev–Trinajstić information content (AvgIpc) is 2.53. The van der Waals surface area contributed by atoms with Crippen molar-refractivity contribution in [2.24, 2.45) is 5.41 Å². The number of piperidine rings is 1. The number of ether oxygens (including phenoxy) is 2. The molecule has 0 spiro atoms. The third-order valence-electron chi connectivity index (χ3n) is 3.97. The first kappa shape index (κ1) is 16.7. The molecule has 0 aliphatic carbocycles. The zero-order valence-corrected chi connectivity index (χ0v) is 12.9. The number of carbonyl (C=O) groups excluding carboxylic acids is 1. The number of nitrogens with one attached hydrogen (secondary N) is 2. The van der Waals surface area contributed by atoms with E-state index >= 15 is 0 Å². The minimum absolute atomic E-state index is 0.0341. The number of para-hydroxylation sites is 1. The van der Waals surface area contributed by atoms with Crippen LogP contribution in [0.15, 0.2) is 24.3 Å². The Morgan fingerprint density at radius 1 is 1.36 bits per heavy atom. The lowest BCUT2D eigenvalue weighted by Crippen LogP contribution is -2.47. The molecule has 22 heavy (non-hydrogen) atoms. The van der Waals surface area contributed by atoms with Crippen molar-refractivity contribution in [2.75, 3.05) is 40.0 Å². The molecule has 1 aliphatic heterocycles. The van der Waals surface area contributed by atoms with E-state index in [2.05, 4.69) is 10.6 Å². The van der Waals surface area contributed by atoms with Crippen molar-refractivity contribution in [1.82, 2.24) is 10.6 Å². The summed E-state index contributed by atoms with van der Waals surface area (Å²) in [5.41, 5.74) is -0.0341. The van der Waals surface area contributed by atoms with Gasteiger partial charge in [-0.25, -0.2) is 4.39 Å². The van der Waals surface area contributed by atoms with Crippen LogP contribution in [-0.2, 0) is 9.53 Å². The van der Waals surface area contributed by atoms with E-state index < -0.39 is 5.82 Å². The third-order valence-corrected chi connectivity index (χ3v) is 3.97. The molecule has 0 aromatic heterocycles. The summed E-state index contributed by atoms with van der Waals surface area (Å²) in [6, 6.07) is 6.05. The lowest BCUT2D eigenvalue weighted by atomic mass is 9.79. The lowest BCUT2D eigenvalue weighted by Gasteiger charge is -2.37. The highest BCUT2D eigenvalue weighted by atomic mass is 19.1. The fraction of sp³-hybridized carbons (Fsp3) is 0.562. The molecule has 122 valence electrons. The smallest absolute Gasteiger partial charge is 0.257 e. The Morgan fingerprint density at radius 3 is 2.77 bits per heavy atom. The Bertz CT molecular complexity index is 485. The summed E-state index contributed by atoms with van der Waals surface area (Å²) in [5, 5.41) is 6.18. The van der Waals surface area contributed by atoms with E-state index in [9.17, 15) is 9.18 Å². The van der Waals surface area contributed by atoms with Gasteiger partial charge in [-0.2, -0.15) is 0 Å². The zero-order valence-electron chi connectivity index (χ0n) is 12.9. The van der Waals surface area contributed by atoms with E-state index in [1.165, 1.54) is 12.1 Å². The normalized spacial score (nSPS) is 17.0. The van der Waals surface area contributed by atoms with E-state index in [4.69, 9.17) is 9.47 Å². The van der Waals surface area contributed by atoms with Crippen LogP contribution in [0.1, 0.15) is 12.8 Å². The molecule has 1 fully saturated rings. The fourth-order valence-electron chi connectivity index (χ4n) is 2.68. The van der Waals surface area contributed by atoms with Crippen molar-refractivity contribution in [3.05, 3.63) is 30.1 Å². The molecule has 0 unspecified atom stereocenters. The second-order valence-electron chi connectivity index (χ2n) is 5.68. The highest BCUT2D eigenvalue weighted by molar-refractivity contribution is 5.77. The molecule has 0 bridgehead atoms. The number of benzene rings is 1. The molecule has 1 aromatic carbocycles. The van der Waals surface area contributed by atoms with Crippen molar-refractivity contribution in [3.63, 3.8) is 0 Å². The molecular weight excluding hydrogens is 287 g/mol. The summed E-state index contributed by atoms with van der Waals surface area (Å²) >= 11 is 0. The zero-order chi connectivity index (χ0) is 15.8. The molecule has 0 radical (unpaired) electrons. The number of amides is 1. The first-order valence-electron chi connectivity index (χ1n) is 7.49. The molecule has 2 rings (SSSR count). The number of hydrogen-bond acceptors (Lipinski definition) is 4. The Morgan fingerprint density at radius 2 is 2.09 bits per heavy atom. The molecule has 1 amide bonds. The van der Waals surface area contributed by atoms with Crippen molar-refractivity contribution in [3.8, 4) is 5.75 Å². The Balaban J connectivity index is 1.80. The Hall–Kier alpha value is -1.66. The van der Waals surface area contributed by atoms with Crippen LogP contribution in [0.2, 0.25) is 0 Å². The van der Waals surface area contributed by atoms with Gasteiger partial charge in [-0.1, -0.05) is 12.1 Å². The molecule has 1 heterocycles. The van der Waals surface area contributed by atoms with Gasteiger partial charge in [0, 0.05) is 19.1 Å². The maximum Gasteiger partial charge on any atom is 0.257 e. The number of halogens is 1. The first-order chi connectivity index (χ1) is 10.7. The molecule has 1 aliphatic rings. The van der Waals surface area contributed by atoms with Gasteiger partial charge in [-0.15, -0.1) is 0 Å². The van der Waals surface area contributed by atoms with Gasteiger partial charge in [0.15, 0.2) is 18.2 Å². The number of hydrogen-bond donors (Lipinski definition) is 2. The topological polar surface area (TPSA) is 59.6 Å². The van der Waals surface area contributed by atoms with Gasteiger partial charge >= 0.3 is 0 Å². The monoisotopic (exact) mass is 310 g/mol. The minimum Gasteiger partial charge on any atom is -0.481 e. The third kappa shape index (κ3) is 4.68.